The van der Waals surface area contributed by atoms with Gasteiger partial charge >= 0.3 is 0 Å². The Morgan fingerprint density at radius 3 is 2.64 bits per heavy atom. The maximum Gasteiger partial charge on any atom is 0.151 e. The van der Waals surface area contributed by atoms with E-state index in [2.05, 4.69) is 21.9 Å². The number of benzene rings is 1. The lowest BCUT2D eigenvalue weighted by atomic mass is 10.1. The molecule has 0 aliphatic carbocycles. The van der Waals surface area contributed by atoms with E-state index in [1.165, 1.54) is 0 Å². The van der Waals surface area contributed by atoms with Gasteiger partial charge in [-0.2, -0.15) is 0 Å². The standard InChI is InChI=1S/C12H11BrO/c1-2-6-11(13)12(14)9-10-7-4-3-5-8-10/h1,3-5,7-8,11H,6,9H2. The second kappa shape index (κ2) is 5.62. The van der Waals surface area contributed by atoms with Crippen molar-refractivity contribution >= 4 is 21.7 Å². The Hall–Kier alpha value is -1.07. The molecule has 14 heavy (non-hydrogen) atoms. The van der Waals surface area contributed by atoms with Crippen LogP contribution in [0.15, 0.2) is 30.3 Å². The van der Waals surface area contributed by atoms with Crippen molar-refractivity contribution in [2.45, 2.75) is 17.7 Å². The fourth-order valence-electron chi connectivity index (χ4n) is 1.13. The van der Waals surface area contributed by atoms with Crippen molar-refractivity contribution < 1.29 is 4.79 Å². The van der Waals surface area contributed by atoms with Crippen LogP contribution in [0.5, 0.6) is 0 Å². The van der Waals surface area contributed by atoms with Crippen molar-refractivity contribution in [3.63, 3.8) is 0 Å². The Morgan fingerprint density at radius 1 is 1.43 bits per heavy atom. The monoisotopic (exact) mass is 250 g/mol. The van der Waals surface area contributed by atoms with Crippen LogP contribution in [-0.2, 0) is 11.2 Å². The topological polar surface area (TPSA) is 17.1 Å². The molecule has 0 amide bonds. The van der Waals surface area contributed by atoms with E-state index in [0.717, 1.165) is 5.56 Å². The number of hydrogen-bond acceptors (Lipinski definition) is 1. The van der Waals surface area contributed by atoms with E-state index < -0.39 is 0 Å². The predicted molar refractivity (Wildman–Crippen MR) is 61.3 cm³/mol. The van der Waals surface area contributed by atoms with Gasteiger partial charge in [-0.25, -0.2) is 0 Å². The molecule has 72 valence electrons. The lowest BCUT2D eigenvalue weighted by Crippen LogP contribution is -2.15. The molecule has 0 saturated carbocycles. The fraction of sp³-hybridized carbons (Fsp3) is 0.250. The molecule has 1 aromatic carbocycles. The first-order chi connectivity index (χ1) is 6.74. The number of hydrogen-bond donors (Lipinski definition) is 0. The summed E-state index contributed by atoms with van der Waals surface area (Å²) >= 11 is 3.27. The number of terminal acetylenes is 1. The van der Waals surface area contributed by atoms with E-state index in [0.29, 0.717) is 12.8 Å². The predicted octanol–water partition coefficient (Wildman–Crippen LogP) is 2.59. The Morgan fingerprint density at radius 2 is 2.07 bits per heavy atom. The number of halogens is 1. The molecule has 0 radical (unpaired) electrons. The van der Waals surface area contributed by atoms with Gasteiger partial charge in [0.1, 0.15) is 0 Å². The number of Topliss-reactive ketones (excluding diaryl/α,β-unsaturated/α-hetero) is 1. The normalized spacial score (nSPS) is 11.7. The van der Waals surface area contributed by atoms with Crippen LogP contribution in [0, 0.1) is 12.3 Å². The van der Waals surface area contributed by atoms with Gasteiger partial charge in [0.05, 0.1) is 4.83 Å². The SMILES string of the molecule is C#CCC(Br)C(=O)Cc1ccccc1. The van der Waals surface area contributed by atoms with Crippen LogP contribution in [0.2, 0.25) is 0 Å². The van der Waals surface area contributed by atoms with Crippen molar-refractivity contribution in [3.8, 4) is 12.3 Å². The highest BCUT2D eigenvalue weighted by molar-refractivity contribution is 9.10. The van der Waals surface area contributed by atoms with Gasteiger partial charge < -0.3 is 0 Å². The maximum absolute atomic E-state index is 11.6. The average Bonchev–Trinajstić information content (AvgIpc) is 2.19. The molecule has 0 N–H and O–H groups in total. The van der Waals surface area contributed by atoms with Crippen LogP contribution in [0.1, 0.15) is 12.0 Å². The van der Waals surface area contributed by atoms with Crippen LogP contribution in [-0.4, -0.2) is 10.6 Å². The molecule has 0 heterocycles. The van der Waals surface area contributed by atoms with E-state index in [1.54, 1.807) is 0 Å². The van der Waals surface area contributed by atoms with Crippen molar-refractivity contribution in [2.24, 2.45) is 0 Å². The first-order valence-electron chi connectivity index (χ1n) is 4.38. The summed E-state index contributed by atoms with van der Waals surface area (Å²) in [5.74, 6) is 2.60. The van der Waals surface area contributed by atoms with Gasteiger partial charge in [0, 0.05) is 12.8 Å². The van der Waals surface area contributed by atoms with Crippen LogP contribution in [0.25, 0.3) is 0 Å². The van der Waals surface area contributed by atoms with Gasteiger partial charge in [-0.05, 0) is 5.56 Å². The molecule has 2 heteroatoms. The van der Waals surface area contributed by atoms with Gasteiger partial charge in [0.15, 0.2) is 5.78 Å². The summed E-state index contributed by atoms with van der Waals surface area (Å²) in [7, 11) is 0. The van der Waals surface area contributed by atoms with Crippen molar-refractivity contribution in [1.29, 1.82) is 0 Å². The molecule has 0 aliphatic rings. The minimum Gasteiger partial charge on any atom is -0.298 e. The average molecular weight is 251 g/mol. The van der Waals surface area contributed by atoms with E-state index in [9.17, 15) is 4.79 Å². The van der Waals surface area contributed by atoms with Crippen molar-refractivity contribution in [1.82, 2.24) is 0 Å². The highest BCUT2D eigenvalue weighted by Crippen LogP contribution is 2.10. The second-order valence-electron chi connectivity index (χ2n) is 3.00. The number of alkyl halides is 1. The van der Waals surface area contributed by atoms with Crippen molar-refractivity contribution in [2.75, 3.05) is 0 Å². The summed E-state index contributed by atoms with van der Waals surface area (Å²) in [6.07, 6.45) is 6.02. The van der Waals surface area contributed by atoms with Crippen molar-refractivity contribution in [3.05, 3.63) is 35.9 Å². The molecule has 0 aliphatic heterocycles. The summed E-state index contributed by atoms with van der Waals surface area (Å²) in [5, 5.41) is 0. The smallest absolute Gasteiger partial charge is 0.151 e. The Bertz CT molecular complexity index is 337. The molecule has 0 spiro atoms. The molecule has 0 aromatic heterocycles. The minimum absolute atomic E-state index is 0.133. The number of carbonyl (C=O) groups is 1. The van der Waals surface area contributed by atoms with E-state index in [1.807, 2.05) is 30.3 Å². The van der Waals surface area contributed by atoms with Crippen LogP contribution in [0.3, 0.4) is 0 Å². The second-order valence-corrected chi connectivity index (χ2v) is 4.11. The lowest BCUT2D eigenvalue weighted by Gasteiger charge is -2.04. The molecular formula is C12H11BrO. The molecular weight excluding hydrogens is 240 g/mol. The molecule has 1 atom stereocenters. The molecule has 1 aromatic rings. The Labute approximate surface area is 92.6 Å². The summed E-state index contributed by atoms with van der Waals surface area (Å²) in [6, 6.07) is 9.65. The molecule has 1 unspecified atom stereocenters. The van der Waals surface area contributed by atoms with Gasteiger partial charge in [-0.1, -0.05) is 46.3 Å². The Kier molecular flexibility index (Phi) is 4.42. The maximum atomic E-state index is 11.6. The first-order valence-corrected chi connectivity index (χ1v) is 5.29. The summed E-state index contributed by atoms with van der Waals surface area (Å²) < 4.78 is 0. The fourth-order valence-corrected chi connectivity index (χ4v) is 1.47. The summed E-state index contributed by atoms with van der Waals surface area (Å²) in [6.45, 7) is 0. The third-order valence-electron chi connectivity index (χ3n) is 1.87. The van der Waals surface area contributed by atoms with Gasteiger partial charge in [-0.15, -0.1) is 12.3 Å². The zero-order valence-electron chi connectivity index (χ0n) is 7.74. The number of rotatable bonds is 4. The first kappa shape index (κ1) is 11.0. The molecule has 1 nitrogen and oxygen atoms in total. The van der Waals surface area contributed by atoms with Crippen LogP contribution < -0.4 is 0 Å². The Balaban J connectivity index is 2.54. The van der Waals surface area contributed by atoms with Crippen LogP contribution >= 0.6 is 15.9 Å². The van der Waals surface area contributed by atoms with E-state index >= 15 is 0 Å². The molecule has 0 bridgehead atoms. The van der Waals surface area contributed by atoms with Gasteiger partial charge in [0.25, 0.3) is 0 Å². The quantitative estimate of drug-likeness (QED) is 0.593. The van der Waals surface area contributed by atoms with Gasteiger partial charge in [0.2, 0.25) is 0 Å². The van der Waals surface area contributed by atoms with Crippen LogP contribution in [0.4, 0.5) is 0 Å². The molecule has 0 saturated heterocycles. The number of ketones is 1. The third-order valence-corrected chi connectivity index (χ3v) is 2.70. The zero-order valence-corrected chi connectivity index (χ0v) is 9.33. The highest BCUT2D eigenvalue weighted by Gasteiger charge is 2.13. The minimum atomic E-state index is -0.215. The molecule has 0 fully saturated rings. The van der Waals surface area contributed by atoms with Gasteiger partial charge in [-0.3, -0.25) is 4.79 Å². The lowest BCUT2D eigenvalue weighted by molar-refractivity contribution is -0.117. The largest absolute Gasteiger partial charge is 0.298 e. The van der Waals surface area contributed by atoms with E-state index in [-0.39, 0.29) is 10.6 Å². The van der Waals surface area contributed by atoms with E-state index in [4.69, 9.17) is 6.42 Å². The molecule has 1 rings (SSSR count). The summed E-state index contributed by atoms with van der Waals surface area (Å²) in [5.41, 5.74) is 1.03. The summed E-state index contributed by atoms with van der Waals surface area (Å²) in [4.78, 5) is 11.3. The highest BCUT2D eigenvalue weighted by atomic mass is 79.9. The number of carbonyl (C=O) groups excluding carboxylic acids is 1. The third kappa shape index (κ3) is 3.35. The zero-order chi connectivity index (χ0) is 10.4.